The van der Waals surface area contributed by atoms with Crippen molar-refractivity contribution in [1.82, 2.24) is 15.3 Å². The van der Waals surface area contributed by atoms with Crippen LogP contribution < -0.4 is 11.1 Å². The molecule has 0 amide bonds. The number of halogens is 2. The Kier molecular flexibility index (Phi) is 3.31. The SMILES string of the molecule is NC1=CC(F)(c2nccs2)NC(c2ccccn2)=C1Br. The monoisotopic (exact) mass is 352 g/mol. The summed E-state index contributed by atoms with van der Waals surface area (Å²) in [6, 6.07) is 5.41. The van der Waals surface area contributed by atoms with Crippen LogP contribution >= 0.6 is 27.3 Å². The first kappa shape index (κ1) is 13.3. The number of nitrogens with one attached hydrogen (secondary N) is 1. The molecule has 7 heteroatoms. The van der Waals surface area contributed by atoms with Crippen LogP contribution in [0.1, 0.15) is 10.7 Å². The number of alkyl halides is 1. The second kappa shape index (κ2) is 4.99. The maximum atomic E-state index is 15.1. The van der Waals surface area contributed by atoms with Gasteiger partial charge in [-0.15, -0.1) is 11.3 Å². The van der Waals surface area contributed by atoms with E-state index >= 15 is 4.39 Å². The number of nitrogens with zero attached hydrogens (tertiary/aromatic N) is 2. The summed E-state index contributed by atoms with van der Waals surface area (Å²) in [5.41, 5.74) is 7.33. The van der Waals surface area contributed by atoms with Gasteiger partial charge in [-0.05, 0) is 28.1 Å². The maximum absolute atomic E-state index is 15.1. The smallest absolute Gasteiger partial charge is 0.254 e. The normalized spacial score (nSPS) is 22.4. The second-order valence-electron chi connectivity index (χ2n) is 4.18. The predicted octanol–water partition coefficient (Wildman–Crippen LogP) is 2.87. The third-order valence-electron chi connectivity index (χ3n) is 2.80. The van der Waals surface area contributed by atoms with Gasteiger partial charge in [-0.25, -0.2) is 9.37 Å². The molecule has 0 saturated heterocycles. The molecule has 2 aromatic heterocycles. The van der Waals surface area contributed by atoms with Crippen molar-refractivity contribution < 1.29 is 4.39 Å². The number of hydrogen-bond donors (Lipinski definition) is 2. The first-order valence-corrected chi connectivity index (χ1v) is 7.44. The molecule has 102 valence electrons. The molecule has 0 aliphatic carbocycles. The van der Waals surface area contributed by atoms with Crippen LogP contribution in [0.3, 0.4) is 0 Å². The van der Waals surface area contributed by atoms with Crippen LogP contribution in [0.4, 0.5) is 4.39 Å². The lowest BCUT2D eigenvalue weighted by Gasteiger charge is -2.29. The summed E-state index contributed by atoms with van der Waals surface area (Å²) in [5.74, 6) is -1.93. The van der Waals surface area contributed by atoms with Gasteiger partial charge in [-0.1, -0.05) is 6.07 Å². The molecule has 1 unspecified atom stereocenters. The molecule has 0 saturated carbocycles. The zero-order valence-corrected chi connectivity index (χ0v) is 12.6. The highest BCUT2D eigenvalue weighted by Crippen LogP contribution is 2.37. The van der Waals surface area contributed by atoms with Crippen LogP contribution in [0.2, 0.25) is 0 Å². The highest BCUT2D eigenvalue weighted by atomic mass is 79.9. The van der Waals surface area contributed by atoms with Crippen LogP contribution in [0.25, 0.3) is 5.70 Å². The molecule has 3 rings (SSSR count). The number of pyridine rings is 1. The molecular formula is C13H10BrFN4S. The van der Waals surface area contributed by atoms with E-state index in [9.17, 15) is 0 Å². The molecule has 20 heavy (non-hydrogen) atoms. The quantitative estimate of drug-likeness (QED) is 0.815. The molecule has 0 fully saturated rings. The standard InChI is InChI=1S/C13H10BrFN4S/c14-10-8(16)7-13(15,12-18-5-6-20-12)19-11(10)9-3-1-2-4-17-9/h1-7,19H,16H2. The summed E-state index contributed by atoms with van der Waals surface area (Å²) in [6.07, 6.45) is 4.51. The molecular weight excluding hydrogens is 343 g/mol. The lowest BCUT2D eigenvalue weighted by Crippen LogP contribution is -2.39. The lowest BCUT2D eigenvalue weighted by molar-refractivity contribution is 0.202. The fraction of sp³-hybridized carbons (Fsp3) is 0.0769. The average molecular weight is 353 g/mol. The maximum Gasteiger partial charge on any atom is 0.254 e. The van der Waals surface area contributed by atoms with Gasteiger partial charge in [-0.2, -0.15) is 0 Å². The van der Waals surface area contributed by atoms with Gasteiger partial charge in [0.15, 0.2) is 5.01 Å². The van der Waals surface area contributed by atoms with Gasteiger partial charge >= 0.3 is 0 Å². The Hall–Kier alpha value is -1.73. The van der Waals surface area contributed by atoms with Crippen LogP contribution in [0, 0.1) is 0 Å². The number of hydrogen-bond acceptors (Lipinski definition) is 5. The molecule has 2 aromatic rings. The van der Waals surface area contributed by atoms with Gasteiger partial charge in [-0.3, -0.25) is 4.98 Å². The van der Waals surface area contributed by atoms with Crippen LogP contribution in [0.5, 0.6) is 0 Å². The van der Waals surface area contributed by atoms with Crippen LogP contribution in [-0.2, 0) is 5.79 Å². The highest BCUT2D eigenvalue weighted by Gasteiger charge is 2.38. The number of allylic oxidation sites excluding steroid dienone is 1. The van der Waals surface area contributed by atoms with Crippen molar-refractivity contribution in [3.8, 4) is 0 Å². The van der Waals surface area contributed by atoms with E-state index in [1.807, 2.05) is 6.07 Å². The van der Waals surface area contributed by atoms with Gasteiger partial charge in [0.2, 0.25) is 0 Å². The Morgan fingerprint density at radius 1 is 1.30 bits per heavy atom. The van der Waals surface area contributed by atoms with Gasteiger partial charge in [0.05, 0.1) is 15.9 Å². The van der Waals surface area contributed by atoms with Crippen molar-refractivity contribution >= 4 is 33.0 Å². The van der Waals surface area contributed by atoms with Crippen molar-refractivity contribution in [2.45, 2.75) is 5.79 Å². The van der Waals surface area contributed by atoms with Crippen molar-refractivity contribution in [2.24, 2.45) is 5.73 Å². The summed E-state index contributed by atoms with van der Waals surface area (Å²) < 4.78 is 15.7. The van der Waals surface area contributed by atoms with Crippen LogP contribution in [0.15, 0.2) is 52.2 Å². The lowest BCUT2D eigenvalue weighted by atomic mass is 10.1. The molecule has 1 atom stereocenters. The van der Waals surface area contributed by atoms with Crippen molar-refractivity contribution in [1.29, 1.82) is 0 Å². The molecule has 3 N–H and O–H groups in total. The van der Waals surface area contributed by atoms with Gasteiger partial charge in [0, 0.05) is 29.5 Å². The summed E-state index contributed by atoms with van der Waals surface area (Å²) in [5, 5.41) is 4.84. The summed E-state index contributed by atoms with van der Waals surface area (Å²) >= 11 is 4.59. The van der Waals surface area contributed by atoms with Gasteiger partial charge in [0.1, 0.15) is 0 Å². The third kappa shape index (κ3) is 2.23. The predicted molar refractivity (Wildman–Crippen MR) is 80.4 cm³/mol. The van der Waals surface area contributed by atoms with Crippen molar-refractivity contribution in [3.63, 3.8) is 0 Å². The first-order chi connectivity index (χ1) is 9.60. The van der Waals surface area contributed by atoms with Gasteiger partial charge in [0.25, 0.3) is 5.79 Å². The fourth-order valence-electron chi connectivity index (χ4n) is 1.90. The van der Waals surface area contributed by atoms with E-state index in [0.29, 0.717) is 26.6 Å². The van der Waals surface area contributed by atoms with E-state index in [-0.39, 0.29) is 0 Å². The second-order valence-corrected chi connectivity index (χ2v) is 5.87. The minimum absolute atomic E-state index is 0.300. The molecule has 0 spiro atoms. The fourth-order valence-corrected chi connectivity index (χ4v) is 2.97. The molecule has 1 aliphatic rings. The number of dihydropyridines is 1. The minimum Gasteiger partial charge on any atom is -0.398 e. The zero-order valence-electron chi connectivity index (χ0n) is 10.2. The molecule has 3 heterocycles. The molecule has 0 bridgehead atoms. The Labute approximate surface area is 127 Å². The summed E-state index contributed by atoms with van der Waals surface area (Å²) in [7, 11) is 0. The summed E-state index contributed by atoms with van der Waals surface area (Å²) in [6.45, 7) is 0. The highest BCUT2D eigenvalue weighted by molar-refractivity contribution is 9.12. The molecule has 4 nitrogen and oxygen atoms in total. The number of thiazole rings is 1. The Bertz CT molecular complexity index is 684. The van der Waals surface area contributed by atoms with Crippen molar-refractivity contribution in [3.05, 3.63) is 62.9 Å². The Morgan fingerprint density at radius 2 is 2.15 bits per heavy atom. The van der Waals surface area contributed by atoms with E-state index < -0.39 is 5.79 Å². The topological polar surface area (TPSA) is 63.8 Å². The van der Waals surface area contributed by atoms with E-state index in [1.54, 1.807) is 29.9 Å². The van der Waals surface area contributed by atoms with E-state index in [4.69, 9.17) is 5.73 Å². The largest absolute Gasteiger partial charge is 0.398 e. The van der Waals surface area contributed by atoms with E-state index in [1.165, 1.54) is 17.4 Å². The van der Waals surface area contributed by atoms with E-state index in [2.05, 4.69) is 31.2 Å². The number of aromatic nitrogens is 2. The number of rotatable bonds is 2. The Balaban J connectivity index is 2.08. The van der Waals surface area contributed by atoms with Crippen LogP contribution in [-0.4, -0.2) is 9.97 Å². The molecule has 0 aromatic carbocycles. The van der Waals surface area contributed by atoms with E-state index in [0.717, 1.165) is 0 Å². The molecule has 1 aliphatic heterocycles. The third-order valence-corrected chi connectivity index (χ3v) is 4.54. The van der Waals surface area contributed by atoms with Gasteiger partial charge < -0.3 is 11.1 Å². The summed E-state index contributed by atoms with van der Waals surface area (Å²) in [4.78, 5) is 8.24. The Morgan fingerprint density at radius 3 is 2.80 bits per heavy atom. The van der Waals surface area contributed by atoms with Crippen molar-refractivity contribution in [2.75, 3.05) is 0 Å². The minimum atomic E-state index is -1.93. The average Bonchev–Trinajstić information content (AvgIpc) is 2.99. The number of nitrogens with two attached hydrogens (primary N) is 1. The zero-order chi connectivity index (χ0) is 14.2. The molecule has 0 radical (unpaired) electrons. The first-order valence-electron chi connectivity index (χ1n) is 5.77.